The molecule has 1 atom stereocenters. The van der Waals surface area contributed by atoms with Crippen molar-refractivity contribution in [3.05, 3.63) is 34.9 Å². The van der Waals surface area contributed by atoms with E-state index in [1.165, 1.54) is 0 Å². The van der Waals surface area contributed by atoms with Crippen molar-refractivity contribution >= 4 is 23.5 Å². The summed E-state index contributed by atoms with van der Waals surface area (Å²) in [5.41, 5.74) is 0.859. The monoisotopic (exact) mass is 341 g/mol. The number of carboxylic acids is 1. The Labute approximate surface area is 142 Å². The fraction of sp³-hybridized carbons (Fsp3) is 0.529. The number of carboxylic acid groups (broad SMARTS) is 1. The molecule has 1 amide bonds. The maximum atomic E-state index is 12.5. The maximum absolute atomic E-state index is 12.5. The van der Waals surface area contributed by atoms with Gasteiger partial charge in [-0.2, -0.15) is 0 Å². The number of carbonyl (C=O) groups excluding carboxylic acids is 1. The fourth-order valence-corrected chi connectivity index (χ4v) is 2.24. The molecule has 0 bridgehead atoms. The van der Waals surface area contributed by atoms with Crippen LogP contribution < -0.4 is 0 Å². The van der Waals surface area contributed by atoms with Crippen LogP contribution in [0.2, 0.25) is 5.02 Å². The van der Waals surface area contributed by atoms with E-state index in [0.29, 0.717) is 31.2 Å². The summed E-state index contributed by atoms with van der Waals surface area (Å²) in [5.74, 6) is -1.59. The normalized spacial score (nSPS) is 12.0. The smallest absolute Gasteiger partial charge is 0.308 e. The molecule has 0 radical (unpaired) electrons. The molecule has 1 rings (SSSR count). The number of ether oxygens (including phenoxy) is 1. The van der Waals surface area contributed by atoms with Gasteiger partial charge in [-0.3, -0.25) is 9.59 Å². The SMILES string of the molecule is CCOCCCN(CC(C)C(=O)O)C(=O)Cc1ccc(Cl)cc1. The third-order valence-electron chi connectivity index (χ3n) is 3.46. The van der Waals surface area contributed by atoms with E-state index in [4.69, 9.17) is 21.4 Å². The molecule has 0 saturated carbocycles. The van der Waals surface area contributed by atoms with E-state index >= 15 is 0 Å². The first kappa shape index (κ1) is 19.5. The van der Waals surface area contributed by atoms with Crippen molar-refractivity contribution in [1.29, 1.82) is 0 Å². The minimum absolute atomic E-state index is 0.0862. The first-order valence-corrected chi connectivity index (χ1v) is 8.14. The summed E-state index contributed by atoms with van der Waals surface area (Å²) in [6.45, 7) is 5.40. The molecule has 0 fully saturated rings. The number of benzene rings is 1. The molecule has 1 N–H and O–H groups in total. The molecule has 0 aliphatic rings. The highest BCUT2D eigenvalue weighted by Gasteiger charge is 2.20. The third-order valence-corrected chi connectivity index (χ3v) is 3.71. The van der Waals surface area contributed by atoms with Crippen LogP contribution in [-0.2, 0) is 20.7 Å². The Morgan fingerprint density at radius 1 is 1.30 bits per heavy atom. The summed E-state index contributed by atoms with van der Waals surface area (Å²) in [6.07, 6.45) is 0.921. The average molecular weight is 342 g/mol. The van der Waals surface area contributed by atoms with Crippen molar-refractivity contribution in [2.24, 2.45) is 5.92 Å². The zero-order chi connectivity index (χ0) is 17.2. The van der Waals surface area contributed by atoms with Crippen molar-refractivity contribution in [2.45, 2.75) is 26.7 Å². The van der Waals surface area contributed by atoms with E-state index in [0.717, 1.165) is 5.56 Å². The second-order valence-electron chi connectivity index (χ2n) is 5.43. The van der Waals surface area contributed by atoms with Gasteiger partial charge < -0.3 is 14.7 Å². The summed E-state index contributed by atoms with van der Waals surface area (Å²) in [6, 6.07) is 7.09. The Morgan fingerprint density at radius 3 is 2.52 bits per heavy atom. The number of halogens is 1. The molecule has 1 unspecified atom stereocenters. The average Bonchev–Trinajstić information content (AvgIpc) is 2.52. The molecule has 0 aromatic heterocycles. The van der Waals surface area contributed by atoms with Crippen molar-refractivity contribution in [1.82, 2.24) is 4.90 Å². The minimum Gasteiger partial charge on any atom is -0.481 e. The van der Waals surface area contributed by atoms with Crippen LogP contribution in [-0.4, -0.2) is 48.2 Å². The molecular weight excluding hydrogens is 318 g/mol. The summed E-state index contributed by atoms with van der Waals surface area (Å²) >= 11 is 5.84. The maximum Gasteiger partial charge on any atom is 0.308 e. The lowest BCUT2D eigenvalue weighted by Crippen LogP contribution is -2.38. The van der Waals surface area contributed by atoms with Crippen LogP contribution >= 0.6 is 11.6 Å². The minimum atomic E-state index is -0.904. The summed E-state index contributed by atoms with van der Waals surface area (Å²) in [7, 11) is 0. The van der Waals surface area contributed by atoms with Gasteiger partial charge in [-0.1, -0.05) is 30.7 Å². The molecule has 0 spiro atoms. The van der Waals surface area contributed by atoms with Crippen LogP contribution in [0.15, 0.2) is 24.3 Å². The van der Waals surface area contributed by atoms with Gasteiger partial charge in [0.25, 0.3) is 0 Å². The zero-order valence-corrected chi connectivity index (χ0v) is 14.4. The molecule has 23 heavy (non-hydrogen) atoms. The summed E-state index contributed by atoms with van der Waals surface area (Å²) in [4.78, 5) is 25.1. The van der Waals surface area contributed by atoms with Crippen LogP contribution in [0.5, 0.6) is 0 Å². The Balaban J connectivity index is 2.65. The van der Waals surface area contributed by atoms with Gasteiger partial charge in [0.15, 0.2) is 0 Å². The van der Waals surface area contributed by atoms with Crippen molar-refractivity contribution in [2.75, 3.05) is 26.3 Å². The summed E-state index contributed by atoms with van der Waals surface area (Å²) in [5, 5.41) is 9.68. The summed E-state index contributed by atoms with van der Waals surface area (Å²) < 4.78 is 5.28. The van der Waals surface area contributed by atoms with Crippen LogP contribution in [0.25, 0.3) is 0 Å². The largest absolute Gasteiger partial charge is 0.481 e. The number of rotatable bonds is 10. The number of carbonyl (C=O) groups is 2. The number of aliphatic carboxylic acids is 1. The van der Waals surface area contributed by atoms with Crippen LogP contribution in [0.4, 0.5) is 0 Å². The van der Waals surface area contributed by atoms with Gasteiger partial charge in [0.2, 0.25) is 5.91 Å². The van der Waals surface area contributed by atoms with Gasteiger partial charge in [0.05, 0.1) is 12.3 Å². The van der Waals surface area contributed by atoms with Gasteiger partial charge in [-0.15, -0.1) is 0 Å². The lowest BCUT2D eigenvalue weighted by molar-refractivity contribution is -0.143. The molecule has 0 aliphatic heterocycles. The first-order valence-electron chi connectivity index (χ1n) is 7.76. The van der Waals surface area contributed by atoms with E-state index < -0.39 is 11.9 Å². The molecule has 6 heteroatoms. The molecular formula is C17H24ClNO4. The van der Waals surface area contributed by atoms with E-state index in [9.17, 15) is 9.59 Å². The number of amides is 1. The number of nitrogens with zero attached hydrogens (tertiary/aromatic N) is 1. The number of hydrogen-bond donors (Lipinski definition) is 1. The van der Waals surface area contributed by atoms with Crippen LogP contribution in [0.1, 0.15) is 25.8 Å². The standard InChI is InChI=1S/C17H24ClNO4/c1-3-23-10-4-9-19(12-13(2)17(21)22)16(20)11-14-5-7-15(18)8-6-14/h5-8,13H,3-4,9-12H2,1-2H3,(H,21,22). The van der Waals surface area contributed by atoms with Crippen LogP contribution in [0.3, 0.4) is 0 Å². The molecule has 0 aliphatic carbocycles. The fourth-order valence-electron chi connectivity index (χ4n) is 2.12. The van der Waals surface area contributed by atoms with E-state index in [2.05, 4.69) is 0 Å². The highest BCUT2D eigenvalue weighted by Crippen LogP contribution is 2.12. The Bertz CT molecular complexity index is 504. The lowest BCUT2D eigenvalue weighted by Gasteiger charge is -2.24. The quantitative estimate of drug-likeness (QED) is 0.664. The van der Waals surface area contributed by atoms with Crippen LogP contribution in [0, 0.1) is 5.92 Å². The van der Waals surface area contributed by atoms with Crippen molar-refractivity contribution in [3.8, 4) is 0 Å². The molecule has 5 nitrogen and oxygen atoms in total. The zero-order valence-electron chi connectivity index (χ0n) is 13.6. The van der Waals surface area contributed by atoms with Gasteiger partial charge in [0, 0.05) is 31.3 Å². The van der Waals surface area contributed by atoms with Gasteiger partial charge in [-0.25, -0.2) is 0 Å². The van der Waals surface area contributed by atoms with Gasteiger partial charge in [0.1, 0.15) is 0 Å². The topological polar surface area (TPSA) is 66.8 Å². The van der Waals surface area contributed by atoms with E-state index in [1.54, 1.807) is 36.1 Å². The molecule has 0 saturated heterocycles. The number of hydrogen-bond acceptors (Lipinski definition) is 3. The van der Waals surface area contributed by atoms with Crippen molar-refractivity contribution in [3.63, 3.8) is 0 Å². The molecule has 0 heterocycles. The second-order valence-corrected chi connectivity index (χ2v) is 5.87. The molecule has 128 valence electrons. The van der Waals surface area contributed by atoms with Gasteiger partial charge in [-0.05, 0) is 31.0 Å². The van der Waals surface area contributed by atoms with Gasteiger partial charge >= 0.3 is 5.97 Å². The molecule has 1 aromatic rings. The van der Waals surface area contributed by atoms with E-state index in [-0.39, 0.29) is 18.9 Å². The predicted octanol–water partition coefficient (Wildman–Crippen LogP) is 2.86. The Morgan fingerprint density at radius 2 is 1.96 bits per heavy atom. The second kappa shape index (κ2) is 10.2. The van der Waals surface area contributed by atoms with Crippen molar-refractivity contribution < 1.29 is 19.4 Å². The van der Waals surface area contributed by atoms with E-state index in [1.807, 2.05) is 6.92 Å². The Hall–Kier alpha value is -1.59. The third kappa shape index (κ3) is 7.48. The lowest BCUT2D eigenvalue weighted by atomic mass is 10.1. The predicted molar refractivity (Wildman–Crippen MR) is 89.6 cm³/mol. The first-order chi connectivity index (χ1) is 10.9. The molecule has 1 aromatic carbocycles. The highest BCUT2D eigenvalue weighted by molar-refractivity contribution is 6.30. The Kier molecular flexibility index (Phi) is 8.66. The highest BCUT2D eigenvalue weighted by atomic mass is 35.5.